The van der Waals surface area contributed by atoms with Crippen molar-refractivity contribution in [3.63, 3.8) is 0 Å². The van der Waals surface area contributed by atoms with E-state index < -0.39 is 0 Å². The van der Waals surface area contributed by atoms with Crippen molar-refractivity contribution in [2.24, 2.45) is 58.2 Å². The lowest BCUT2D eigenvalue weighted by molar-refractivity contribution is -0.135. The van der Waals surface area contributed by atoms with Crippen molar-refractivity contribution in [2.75, 3.05) is 6.54 Å². The number of fused-ring (bicyclic) bond motifs is 7. The molecule has 2 nitrogen and oxygen atoms in total. The average molecular weight is 414 g/mol. The van der Waals surface area contributed by atoms with Gasteiger partial charge < -0.3 is 4.74 Å². The third-order valence-corrected chi connectivity index (χ3v) is 12.4. The third kappa shape index (κ3) is 2.62. The van der Waals surface area contributed by atoms with Crippen molar-refractivity contribution in [3.8, 4) is 0 Å². The molecule has 2 heterocycles. The molecule has 170 valence electrons. The van der Waals surface area contributed by atoms with E-state index >= 15 is 0 Å². The Balaban J connectivity index is 1.26. The van der Waals surface area contributed by atoms with Gasteiger partial charge in [-0.3, -0.25) is 5.32 Å². The minimum Gasteiger partial charge on any atom is -0.357 e. The van der Waals surface area contributed by atoms with Gasteiger partial charge in [-0.15, -0.1) is 0 Å². The molecule has 0 radical (unpaired) electrons. The fraction of sp³-hybridized carbons (Fsp3) is 1.00. The van der Waals surface area contributed by atoms with Gasteiger partial charge in [0.2, 0.25) is 0 Å². The van der Waals surface area contributed by atoms with E-state index in [2.05, 4.69) is 39.9 Å². The van der Waals surface area contributed by atoms with E-state index in [1.165, 1.54) is 64.2 Å². The first-order valence-electron chi connectivity index (χ1n) is 13.7. The van der Waals surface area contributed by atoms with Gasteiger partial charge in [0, 0.05) is 12.5 Å². The van der Waals surface area contributed by atoms with E-state index in [0.29, 0.717) is 22.9 Å². The Hall–Kier alpha value is -0.0800. The van der Waals surface area contributed by atoms with Crippen molar-refractivity contribution in [3.05, 3.63) is 0 Å². The first-order chi connectivity index (χ1) is 14.3. The van der Waals surface area contributed by atoms with Crippen molar-refractivity contribution in [1.29, 1.82) is 0 Å². The normalized spacial score (nSPS) is 62.5. The van der Waals surface area contributed by atoms with Crippen LogP contribution in [0.3, 0.4) is 0 Å². The van der Waals surface area contributed by atoms with Gasteiger partial charge in [0.25, 0.3) is 0 Å². The van der Waals surface area contributed by atoms with Gasteiger partial charge in [0.05, 0.1) is 6.10 Å². The van der Waals surface area contributed by atoms with Gasteiger partial charge in [0.1, 0.15) is 5.72 Å². The number of piperidine rings is 1. The van der Waals surface area contributed by atoms with Crippen molar-refractivity contribution < 1.29 is 4.74 Å². The monoisotopic (exact) mass is 413 g/mol. The van der Waals surface area contributed by atoms with Gasteiger partial charge in [-0.1, -0.05) is 41.0 Å². The largest absolute Gasteiger partial charge is 0.357 e. The van der Waals surface area contributed by atoms with Crippen LogP contribution in [0.2, 0.25) is 0 Å². The summed E-state index contributed by atoms with van der Waals surface area (Å²) in [5, 5.41) is 3.92. The van der Waals surface area contributed by atoms with Gasteiger partial charge in [-0.05, 0) is 110 Å². The van der Waals surface area contributed by atoms with Crippen LogP contribution in [0.5, 0.6) is 0 Å². The fourth-order valence-electron chi connectivity index (χ4n) is 10.7. The summed E-state index contributed by atoms with van der Waals surface area (Å²) in [6, 6.07) is 0. The number of hydrogen-bond acceptors (Lipinski definition) is 2. The minimum atomic E-state index is -0.00415. The lowest BCUT2D eigenvalue weighted by Gasteiger charge is -2.61. The highest BCUT2D eigenvalue weighted by Gasteiger charge is 2.68. The maximum Gasteiger partial charge on any atom is 0.122 e. The summed E-state index contributed by atoms with van der Waals surface area (Å²) in [6.07, 6.45) is 15.0. The van der Waals surface area contributed by atoms with Crippen LogP contribution in [0.25, 0.3) is 0 Å². The summed E-state index contributed by atoms with van der Waals surface area (Å²) < 4.78 is 7.05. The Morgan fingerprint density at radius 2 is 1.53 bits per heavy atom. The Morgan fingerprint density at radius 3 is 2.30 bits per heavy atom. The maximum atomic E-state index is 7.05. The molecule has 1 spiro atoms. The molecular weight excluding hydrogens is 366 g/mol. The topological polar surface area (TPSA) is 21.3 Å². The molecule has 2 saturated heterocycles. The van der Waals surface area contributed by atoms with Crippen LogP contribution in [0.1, 0.15) is 98.8 Å². The summed E-state index contributed by atoms with van der Waals surface area (Å²) in [6.45, 7) is 14.0. The highest BCUT2D eigenvalue weighted by atomic mass is 16.5. The number of hydrogen-bond donors (Lipinski definition) is 1. The first kappa shape index (κ1) is 20.5. The molecule has 0 amide bonds. The molecule has 1 N–H and O–H groups in total. The quantitative estimate of drug-likeness (QED) is 0.480. The van der Waals surface area contributed by atoms with Crippen molar-refractivity contribution in [2.45, 2.75) is 111 Å². The van der Waals surface area contributed by atoms with Crippen molar-refractivity contribution in [1.82, 2.24) is 5.32 Å². The van der Waals surface area contributed by atoms with E-state index in [0.717, 1.165) is 48.0 Å². The standard InChI is InChI=1S/C28H47NO/c1-17-8-11-26(4)20(14-17)6-7-21-22(26)10-12-27(5)23(21)15-24-25(27)19(3)28(30-24)13-9-18(2)16-29-28/h17-25,29H,6-16H2,1-5H3/t17-,18-,19+,20+,21+,22+,23+,24+,25+,26+,27+,28-/m1/s1. The SMILES string of the molecule is C[C@@H]1CC[C@@]2(NC1)O[C@H]1C[C@H]3[C@H]4CC[C@H]5C[C@H](C)CC[C@]5(C)[C@H]4CC[C@]3(C)[C@H]1[C@@H]2C. The van der Waals surface area contributed by atoms with Crippen molar-refractivity contribution >= 4 is 0 Å². The van der Waals surface area contributed by atoms with Crippen LogP contribution in [0.4, 0.5) is 0 Å². The molecule has 0 unspecified atom stereocenters. The number of nitrogens with one attached hydrogen (secondary N) is 1. The van der Waals surface area contributed by atoms with Crippen LogP contribution >= 0.6 is 0 Å². The molecule has 6 fully saturated rings. The Morgan fingerprint density at radius 1 is 0.767 bits per heavy atom. The van der Waals surface area contributed by atoms with E-state index in [4.69, 9.17) is 4.74 Å². The van der Waals surface area contributed by atoms with E-state index in [1.807, 2.05) is 0 Å². The Labute approximate surface area is 185 Å². The van der Waals surface area contributed by atoms with Crippen LogP contribution < -0.4 is 5.32 Å². The highest BCUT2D eigenvalue weighted by molar-refractivity contribution is 5.16. The molecule has 4 aliphatic carbocycles. The second kappa shape index (κ2) is 6.72. The maximum absolute atomic E-state index is 7.05. The molecular formula is C28H47NO. The van der Waals surface area contributed by atoms with Gasteiger partial charge in [-0.2, -0.15) is 0 Å². The minimum absolute atomic E-state index is 0.00415. The summed E-state index contributed by atoms with van der Waals surface area (Å²) in [7, 11) is 0. The lowest BCUT2D eigenvalue weighted by atomic mass is 9.44. The van der Waals surface area contributed by atoms with Crippen LogP contribution in [0, 0.1) is 58.2 Å². The molecule has 2 aliphatic heterocycles. The fourth-order valence-corrected chi connectivity index (χ4v) is 10.7. The van der Waals surface area contributed by atoms with Gasteiger partial charge in [-0.25, -0.2) is 0 Å². The molecule has 12 atom stereocenters. The molecule has 0 aromatic carbocycles. The average Bonchev–Trinajstić information content (AvgIpc) is 3.16. The molecule has 2 heteroatoms. The molecule has 30 heavy (non-hydrogen) atoms. The van der Waals surface area contributed by atoms with Crippen LogP contribution in [0.15, 0.2) is 0 Å². The Kier molecular flexibility index (Phi) is 4.60. The van der Waals surface area contributed by atoms with E-state index in [9.17, 15) is 0 Å². The Bertz CT molecular complexity index is 682. The zero-order valence-electron chi connectivity index (χ0n) is 20.4. The summed E-state index contributed by atoms with van der Waals surface area (Å²) in [4.78, 5) is 0. The van der Waals surface area contributed by atoms with Crippen LogP contribution in [-0.2, 0) is 4.74 Å². The molecule has 6 rings (SSSR count). The summed E-state index contributed by atoms with van der Waals surface area (Å²) in [5.74, 6) is 7.14. The number of ether oxygens (including phenoxy) is 1. The predicted molar refractivity (Wildman–Crippen MR) is 123 cm³/mol. The molecule has 4 saturated carbocycles. The molecule has 6 aliphatic rings. The molecule has 0 aromatic rings. The zero-order chi connectivity index (χ0) is 20.9. The lowest BCUT2D eigenvalue weighted by Crippen LogP contribution is -2.57. The third-order valence-electron chi connectivity index (χ3n) is 12.4. The van der Waals surface area contributed by atoms with E-state index in [1.54, 1.807) is 0 Å². The van der Waals surface area contributed by atoms with Gasteiger partial charge in [0.15, 0.2) is 0 Å². The van der Waals surface area contributed by atoms with E-state index in [-0.39, 0.29) is 5.72 Å². The molecule has 0 bridgehead atoms. The summed E-state index contributed by atoms with van der Waals surface area (Å²) >= 11 is 0. The summed E-state index contributed by atoms with van der Waals surface area (Å²) in [5.41, 5.74) is 1.16. The number of rotatable bonds is 0. The second-order valence-corrected chi connectivity index (χ2v) is 13.7. The van der Waals surface area contributed by atoms with Gasteiger partial charge >= 0.3 is 0 Å². The predicted octanol–water partition coefficient (Wildman–Crippen LogP) is 6.64. The van der Waals surface area contributed by atoms with Crippen LogP contribution in [-0.4, -0.2) is 18.4 Å². The zero-order valence-corrected chi connectivity index (χ0v) is 20.4. The second-order valence-electron chi connectivity index (χ2n) is 13.7. The first-order valence-corrected chi connectivity index (χ1v) is 13.7. The smallest absolute Gasteiger partial charge is 0.122 e. The molecule has 0 aromatic heterocycles. The highest BCUT2D eigenvalue weighted by Crippen LogP contribution is 2.71.